The van der Waals surface area contributed by atoms with Crippen LogP contribution < -0.4 is 11.1 Å². The van der Waals surface area contributed by atoms with Crippen molar-refractivity contribution < 1.29 is 9.53 Å². The molecule has 84 valence electrons. The summed E-state index contributed by atoms with van der Waals surface area (Å²) >= 11 is 0. The summed E-state index contributed by atoms with van der Waals surface area (Å²) in [6, 6.07) is -0.260. The van der Waals surface area contributed by atoms with Crippen molar-refractivity contribution in [2.75, 3.05) is 13.2 Å². The van der Waals surface area contributed by atoms with Gasteiger partial charge in [0, 0.05) is 6.61 Å². The number of primary amides is 1. The first-order valence-electron chi connectivity index (χ1n) is 5.26. The van der Waals surface area contributed by atoms with Crippen molar-refractivity contribution >= 4 is 5.91 Å². The highest BCUT2D eigenvalue weighted by Crippen LogP contribution is 1.99. The molecule has 14 heavy (non-hydrogen) atoms. The number of ether oxygens (including phenoxy) is 1. The van der Waals surface area contributed by atoms with E-state index in [1.807, 2.05) is 13.8 Å². The van der Waals surface area contributed by atoms with E-state index in [1.54, 1.807) is 0 Å². The van der Waals surface area contributed by atoms with E-state index < -0.39 is 0 Å². The highest BCUT2D eigenvalue weighted by atomic mass is 16.5. The normalized spacial score (nSPS) is 15.1. The maximum absolute atomic E-state index is 10.9. The molecule has 2 unspecified atom stereocenters. The second-order valence-electron chi connectivity index (χ2n) is 3.39. The maximum atomic E-state index is 10.9. The smallest absolute Gasteiger partial charge is 0.234 e. The van der Waals surface area contributed by atoms with E-state index in [0.717, 1.165) is 13.0 Å². The SMILES string of the molecule is CCNC(CCOC(C)CC)C(N)=O. The molecule has 1 amide bonds. The Morgan fingerprint density at radius 3 is 2.57 bits per heavy atom. The van der Waals surface area contributed by atoms with Gasteiger partial charge in [0.25, 0.3) is 0 Å². The Labute approximate surface area is 86.2 Å². The van der Waals surface area contributed by atoms with Gasteiger partial charge >= 0.3 is 0 Å². The maximum Gasteiger partial charge on any atom is 0.234 e. The van der Waals surface area contributed by atoms with Crippen LogP contribution in [-0.4, -0.2) is 31.2 Å². The first kappa shape index (κ1) is 13.4. The third-order valence-corrected chi connectivity index (χ3v) is 2.18. The fraction of sp³-hybridized carbons (Fsp3) is 0.900. The van der Waals surface area contributed by atoms with E-state index in [0.29, 0.717) is 13.0 Å². The van der Waals surface area contributed by atoms with Crippen molar-refractivity contribution in [3.8, 4) is 0 Å². The van der Waals surface area contributed by atoms with E-state index in [2.05, 4.69) is 12.2 Å². The zero-order chi connectivity index (χ0) is 11.0. The molecule has 0 aromatic heterocycles. The molecule has 0 radical (unpaired) electrons. The Kier molecular flexibility index (Phi) is 7.42. The fourth-order valence-electron chi connectivity index (χ4n) is 1.10. The summed E-state index contributed by atoms with van der Waals surface area (Å²) in [5.41, 5.74) is 5.22. The summed E-state index contributed by atoms with van der Waals surface area (Å²) < 4.78 is 5.47. The monoisotopic (exact) mass is 202 g/mol. The average Bonchev–Trinajstić information content (AvgIpc) is 2.16. The van der Waals surface area contributed by atoms with Gasteiger partial charge in [0.15, 0.2) is 0 Å². The lowest BCUT2D eigenvalue weighted by Gasteiger charge is -2.16. The van der Waals surface area contributed by atoms with Crippen molar-refractivity contribution in [3.05, 3.63) is 0 Å². The van der Waals surface area contributed by atoms with Crippen molar-refractivity contribution in [3.63, 3.8) is 0 Å². The van der Waals surface area contributed by atoms with Gasteiger partial charge in [0.2, 0.25) is 5.91 Å². The Balaban J connectivity index is 3.66. The molecule has 0 saturated heterocycles. The van der Waals surface area contributed by atoms with Crippen LogP contribution in [0.15, 0.2) is 0 Å². The largest absolute Gasteiger partial charge is 0.378 e. The topological polar surface area (TPSA) is 64.3 Å². The van der Waals surface area contributed by atoms with Gasteiger partial charge in [-0.2, -0.15) is 0 Å². The van der Waals surface area contributed by atoms with Crippen LogP contribution in [0.25, 0.3) is 0 Å². The van der Waals surface area contributed by atoms with Gasteiger partial charge in [0.1, 0.15) is 0 Å². The van der Waals surface area contributed by atoms with Crippen LogP contribution in [0.2, 0.25) is 0 Å². The highest BCUT2D eigenvalue weighted by molar-refractivity contribution is 5.79. The van der Waals surface area contributed by atoms with E-state index in [-0.39, 0.29) is 18.1 Å². The van der Waals surface area contributed by atoms with Crippen molar-refractivity contribution in [2.45, 2.75) is 45.8 Å². The predicted octanol–water partition coefficient (Wildman–Crippen LogP) is 0.655. The number of carbonyl (C=O) groups excluding carboxylic acids is 1. The lowest BCUT2D eigenvalue weighted by molar-refractivity contribution is -0.120. The minimum atomic E-state index is -0.306. The molecule has 0 aliphatic carbocycles. The minimum Gasteiger partial charge on any atom is -0.378 e. The van der Waals surface area contributed by atoms with Crippen LogP contribution in [-0.2, 0) is 9.53 Å². The molecule has 2 atom stereocenters. The number of nitrogens with two attached hydrogens (primary N) is 1. The zero-order valence-electron chi connectivity index (χ0n) is 9.38. The van der Waals surface area contributed by atoms with Crippen molar-refractivity contribution in [2.24, 2.45) is 5.73 Å². The third-order valence-electron chi connectivity index (χ3n) is 2.18. The molecule has 0 bridgehead atoms. The minimum absolute atomic E-state index is 0.255. The van der Waals surface area contributed by atoms with Gasteiger partial charge in [0.05, 0.1) is 12.1 Å². The third kappa shape index (κ3) is 5.94. The highest BCUT2D eigenvalue weighted by Gasteiger charge is 2.13. The van der Waals surface area contributed by atoms with Gasteiger partial charge in [-0.3, -0.25) is 4.79 Å². The van der Waals surface area contributed by atoms with Crippen LogP contribution in [0.4, 0.5) is 0 Å². The molecule has 0 rings (SSSR count). The molecule has 0 heterocycles. The zero-order valence-corrected chi connectivity index (χ0v) is 9.38. The Hall–Kier alpha value is -0.610. The van der Waals surface area contributed by atoms with E-state index >= 15 is 0 Å². The summed E-state index contributed by atoms with van der Waals surface area (Å²) in [5, 5.41) is 3.02. The van der Waals surface area contributed by atoms with Gasteiger partial charge in [-0.25, -0.2) is 0 Å². The number of hydrogen-bond acceptors (Lipinski definition) is 3. The lowest BCUT2D eigenvalue weighted by Crippen LogP contribution is -2.42. The molecule has 0 saturated carbocycles. The summed E-state index contributed by atoms with van der Waals surface area (Å²) in [5.74, 6) is -0.306. The fourth-order valence-corrected chi connectivity index (χ4v) is 1.10. The average molecular weight is 202 g/mol. The lowest BCUT2D eigenvalue weighted by atomic mass is 10.2. The molecular weight excluding hydrogens is 180 g/mol. The Bertz CT molecular complexity index is 162. The summed E-state index contributed by atoms with van der Waals surface area (Å²) in [6.07, 6.45) is 1.89. The number of rotatable bonds is 8. The number of likely N-dealkylation sites (N-methyl/N-ethyl adjacent to an activating group) is 1. The van der Waals surface area contributed by atoms with Gasteiger partial charge in [-0.05, 0) is 26.3 Å². The standard InChI is InChI=1S/C10H22N2O2/c1-4-8(3)14-7-6-9(10(11)13)12-5-2/h8-9,12H,4-7H2,1-3H3,(H2,11,13). The molecular formula is C10H22N2O2. The van der Waals surface area contributed by atoms with Crippen LogP contribution in [0.3, 0.4) is 0 Å². The van der Waals surface area contributed by atoms with Gasteiger partial charge in [-0.1, -0.05) is 13.8 Å². The molecule has 4 heteroatoms. The number of carbonyl (C=O) groups is 1. The van der Waals surface area contributed by atoms with E-state index in [4.69, 9.17) is 10.5 Å². The van der Waals surface area contributed by atoms with Gasteiger partial charge < -0.3 is 15.8 Å². The summed E-state index contributed by atoms with van der Waals surface area (Å²) in [4.78, 5) is 10.9. The molecule has 0 spiro atoms. The van der Waals surface area contributed by atoms with Crippen LogP contribution in [0.5, 0.6) is 0 Å². The van der Waals surface area contributed by atoms with Crippen molar-refractivity contribution in [1.82, 2.24) is 5.32 Å². The van der Waals surface area contributed by atoms with Crippen molar-refractivity contribution in [1.29, 1.82) is 0 Å². The van der Waals surface area contributed by atoms with Crippen LogP contribution in [0, 0.1) is 0 Å². The quantitative estimate of drug-likeness (QED) is 0.607. The molecule has 0 aliphatic rings. The van der Waals surface area contributed by atoms with Crippen LogP contribution in [0.1, 0.15) is 33.6 Å². The Morgan fingerprint density at radius 1 is 1.50 bits per heavy atom. The second-order valence-corrected chi connectivity index (χ2v) is 3.39. The summed E-state index contributed by atoms with van der Waals surface area (Å²) in [7, 11) is 0. The molecule has 0 fully saturated rings. The number of amides is 1. The summed E-state index contributed by atoms with van der Waals surface area (Å²) in [6.45, 7) is 7.37. The Morgan fingerprint density at radius 2 is 2.14 bits per heavy atom. The second kappa shape index (κ2) is 7.76. The van der Waals surface area contributed by atoms with E-state index in [1.165, 1.54) is 0 Å². The molecule has 0 aromatic carbocycles. The molecule has 0 aromatic rings. The van der Waals surface area contributed by atoms with Crippen LogP contribution >= 0.6 is 0 Å². The number of hydrogen-bond donors (Lipinski definition) is 2. The first-order valence-corrected chi connectivity index (χ1v) is 5.26. The first-order chi connectivity index (χ1) is 6.61. The molecule has 0 aliphatic heterocycles. The van der Waals surface area contributed by atoms with Gasteiger partial charge in [-0.15, -0.1) is 0 Å². The number of nitrogens with one attached hydrogen (secondary N) is 1. The molecule has 4 nitrogen and oxygen atoms in total. The predicted molar refractivity (Wildman–Crippen MR) is 57.0 cm³/mol. The van der Waals surface area contributed by atoms with E-state index in [9.17, 15) is 4.79 Å². The molecule has 3 N–H and O–H groups in total.